The third kappa shape index (κ3) is 4.16. The van der Waals surface area contributed by atoms with Gasteiger partial charge < -0.3 is 5.32 Å². The van der Waals surface area contributed by atoms with Gasteiger partial charge in [0.15, 0.2) is 0 Å². The first-order valence-electron chi connectivity index (χ1n) is 10.8. The van der Waals surface area contributed by atoms with Gasteiger partial charge in [-0.1, -0.05) is 30.3 Å². The molecule has 1 aliphatic heterocycles. The Kier molecular flexibility index (Phi) is 5.98. The molecule has 1 N–H and O–H groups in total. The molecule has 5 nitrogen and oxygen atoms in total. The molecule has 0 radical (unpaired) electrons. The van der Waals surface area contributed by atoms with Crippen LogP contribution >= 0.6 is 0 Å². The van der Waals surface area contributed by atoms with E-state index in [4.69, 9.17) is 0 Å². The number of carbonyl (C=O) groups excluding carboxylic acids is 1. The van der Waals surface area contributed by atoms with Gasteiger partial charge >= 0.3 is 0 Å². The van der Waals surface area contributed by atoms with Crippen molar-refractivity contribution in [2.45, 2.75) is 56.9 Å². The Labute approximate surface area is 179 Å². The summed E-state index contributed by atoms with van der Waals surface area (Å²) in [4.78, 5) is 13.2. The van der Waals surface area contributed by atoms with Crippen LogP contribution in [0.25, 0.3) is 0 Å². The summed E-state index contributed by atoms with van der Waals surface area (Å²) in [5.74, 6) is -0.136. The van der Waals surface area contributed by atoms with E-state index in [1.54, 1.807) is 6.07 Å². The number of aryl methyl sites for hydroxylation is 3. The summed E-state index contributed by atoms with van der Waals surface area (Å²) in [7, 11) is -3.50. The van der Waals surface area contributed by atoms with Crippen molar-refractivity contribution in [3.8, 4) is 0 Å². The van der Waals surface area contributed by atoms with Gasteiger partial charge in [0.2, 0.25) is 15.9 Å². The van der Waals surface area contributed by atoms with Gasteiger partial charge in [0.25, 0.3) is 0 Å². The minimum absolute atomic E-state index is 0.0142. The maximum absolute atomic E-state index is 13.1. The standard InChI is InChI=1S/C24H30N2O3S/c1-17-6-3-4-9-23(17)18(2)25-24(27)20-12-14-26(15-13-20)30(28,29)22-11-10-19-7-5-8-21(19)16-22/h3-4,6,9-11,16,18,20H,5,7-8,12-15H2,1-2H3,(H,25,27)/t18-/m0/s1. The maximum Gasteiger partial charge on any atom is 0.243 e. The highest BCUT2D eigenvalue weighted by atomic mass is 32.2. The molecule has 160 valence electrons. The highest BCUT2D eigenvalue weighted by Crippen LogP contribution is 2.29. The number of fused-ring (bicyclic) bond motifs is 1. The molecule has 1 atom stereocenters. The van der Waals surface area contributed by atoms with Crippen molar-refractivity contribution in [1.82, 2.24) is 9.62 Å². The minimum atomic E-state index is -3.50. The monoisotopic (exact) mass is 426 g/mol. The number of nitrogens with one attached hydrogen (secondary N) is 1. The number of hydrogen-bond acceptors (Lipinski definition) is 3. The highest BCUT2D eigenvalue weighted by Gasteiger charge is 2.33. The van der Waals surface area contributed by atoms with Gasteiger partial charge in [0.05, 0.1) is 10.9 Å². The Hall–Kier alpha value is -2.18. The molecule has 4 rings (SSSR count). The molecular formula is C24H30N2O3S. The van der Waals surface area contributed by atoms with Crippen molar-refractivity contribution in [3.05, 3.63) is 64.7 Å². The molecule has 0 saturated carbocycles. The molecule has 2 aromatic rings. The molecule has 1 heterocycles. The van der Waals surface area contributed by atoms with Crippen LogP contribution < -0.4 is 5.32 Å². The molecule has 2 aromatic carbocycles. The molecule has 6 heteroatoms. The first kappa shape index (κ1) is 21.1. The number of sulfonamides is 1. The second-order valence-corrected chi connectivity index (χ2v) is 10.5. The molecule has 30 heavy (non-hydrogen) atoms. The first-order valence-corrected chi connectivity index (χ1v) is 12.3. The number of hydrogen-bond donors (Lipinski definition) is 1. The van der Waals surface area contributed by atoms with E-state index in [9.17, 15) is 13.2 Å². The van der Waals surface area contributed by atoms with Crippen LogP contribution in [-0.4, -0.2) is 31.7 Å². The number of piperidine rings is 1. The zero-order valence-electron chi connectivity index (χ0n) is 17.7. The van der Waals surface area contributed by atoms with Crippen molar-refractivity contribution in [2.24, 2.45) is 5.92 Å². The van der Waals surface area contributed by atoms with Crippen molar-refractivity contribution in [2.75, 3.05) is 13.1 Å². The molecule has 2 aliphatic rings. The lowest BCUT2D eigenvalue weighted by molar-refractivity contribution is -0.126. The van der Waals surface area contributed by atoms with Gasteiger partial charge in [-0.15, -0.1) is 0 Å². The maximum atomic E-state index is 13.1. The first-order chi connectivity index (χ1) is 14.4. The molecule has 1 amide bonds. The second kappa shape index (κ2) is 8.52. The van der Waals surface area contributed by atoms with Gasteiger partial charge in [-0.2, -0.15) is 4.31 Å². The van der Waals surface area contributed by atoms with Crippen molar-refractivity contribution in [1.29, 1.82) is 0 Å². The van der Waals surface area contributed by atoms with Crippen molar-refractivity contribution >= 4 is 15.9 Å². The number of rotatable bonds is 5. The number of benzene rings is 2. The van der Waals surface area contributed by atoms with Crippen LogP contribution in [0.5, 0.6) is 0 Å². The van der Waals surface area contributed by atoms with E-state index in [0.717, 1.165) is 36.0 Å². The highest BCUT2D eigenvalue weighted by molar-refractivity contribution is 7.89. The SMILES string of the molecule is Cc1ccccc1[C@H](C)NC(=O)C1CCN(S(=O)(=O)c2ccc3c(c2)CCC3)CC1. The number of nitrogens with zero attached hydrogens (tertiary/aromatic N) is 1. The van der Waals surface area contributed by atoms with Gasteiger partial charge in [-0.25, -0.2) is 8.42 Å². The average Bonchev–Trinajstić information content (AvgIpc) is 3.22. The Morgan fingerprint density at radius 2 is 1.77 bits per heavy atom. The molecule has 0 unspecified atom stereocenters. The Morgan fingerprint density at radius 3 is 2.50 bits per heavy atom. The van der Waals surface area contributed by atoms with Crippen LogP contribution in [0.1, 0.15) is 54.5 Å². The lowest BCUT2D eigenvalue weighted by Gasteiger charge is -2.31. The summed E-state index contributed by atoms with van der Waals surface area (Å²) in [5, 5.41) is 3.11. The lowest BCUT2D eigenvalue weighted by atomic mass is 9.96. The van der Waals surface area contributed by atoms with E-state index in [0.29, 0.717) is 30.8 Å². The predicted octanol–water partition coefficient (Wildman–Crippen LogP) is 3.76. The second-order valence-electron chi connectivity index (χ2n) is 8.55. The largest absolute Gasteiger partial charge is 0.349 e. The van der Waals surface area contributed by atoms with E-state index in [-0.39, 0.29) is 17.9 Å². The predicted molar refractivity (Wildman–Crippen MR) is 118 cm³/mol. The number of amides is 1. The minimum Gasteiger partial charge on any atom is -0.349 e. The Bertz CT molecular complexity index is 1040. The molecule has 0 aromatic heterocycles. The third-order valence-corrected chi connectivity index (χ3v) is 8.44. The summed E-state index contributed by atoms with van der Waals surface area (Å²) < 4.78 is 27.7. The molecule has 0 spiro atoms. The quantitative estimate of drug-likeness (QED) is 0.792. The summed E-state index contributed by atoms with van der Waals surface area (Å²) in [5.41, 5.74) is 4.70. The summed E-state index contributed by atoms with van der Waals surface area (Å²) in [6.07, 6.45) is 4.20. The van der Waals surface area contributed by atoms with E-state index in [1.807, 2.05) is 50.2 Å². The summed E-state index contributed by atoms with van der Waals surface area (Å²) >= 11 is 0. The van der Waals surface area contributed by atoms with E-state index >= 15 is 0 Å². The van der Waals surface area contributed by atoms with Crippen molar-refractivity contribution in [3.63, 3.8) is 0 Å². The van der Waals surface area contributed by atoms with Gasteiger partial charge in [-0.3, -0.25) is 4.79 Å². The van der Waals surface area contributed by atoms with E-state index in [2.05, 4.69) is 5.32 Å². The summed E-state index contributed by atoms with van der Waals surface area (Å²) in [6, 6.07) is 13.5. The van der Waals surface area contributed by atoms with E-state index in [1.165, 1.54) is 9.87 Å². The fourth-order valence-corrected chi connectivity index (χ4v) is 6.22. The fourth-order valence-electron chi connectivity index (χ4n) is 4.70. The van der Waals surface area contributed by atoms with Gasteiger partial charge in [-0.05, 0) is 80.3 Å². The Balaban J connectivity index is 1.37. The fraction of sp³-hybridized carbons (Fsp3) is 0.458. The van der Waals surface area contributed by atoms with Crippen LogP contribution in [0.15, 0.2) is 47.4 Å². The van der Waals surface area contributed by atoms with E-state index < -0.39 is 10.0 Å². The molecule has 1 aliphatic carbocycles. The topological polar surface area (TPSA) is 66.5 Å². The smallest absolute Gasteiger partial charge is 0.243 e. The molecule has 1 saturated heterocycles. The molecule has 0 bridgehead atoms. The van der Waals surface area contributed by atoms with Crippen LogP contribution in [0.4, 0.5) is 0 Å². The number of carbonyl (C=O) groups is 1. The zero-order chi connectivity index (χ0) is 21.3. The van der Waals surface area contributed by atoms with Crippen LogP contribution in [0, 0.1) is 12.8 Å². The third-order valence-electron chi connectivity index (χ3n) is 6.55. The molecule has 1 fully saturated rings. The van der Waals surface area contributed by atoms with Crippen LogP contribution in [0.2, 0.25) is 0 Å². The van der Waals surface area contributed by atoms with Crippen molar-refractivity contribution < 1.29 is 13.2 Å². The van der Waals surface area contributed by atoms with Gasteiger partial charge in [0, 0.05) is 19.0 Å². The Morgan fingerprint density at radius 1 is 1.07 bits per heavy atom. The zero-order valence-corrected chi connectivity index (χ0v) is 18.5. The average molecular weight is 427 g/mol. The van der Waals surface area contributed by atoms with Crippen LogP contribution in [-0.2, 0) is 27.7 Å². The molecular weight excluding hydrogens is 396 g/mol. The van der Waals surface area contributed by atoms with Gasteiger partial charge in [0.1, 0.15) is 0 Å². The lowest BCUT2D eigenvalue weighted by Crippen LogP contribution is -2.43. The summed E-state index contributed by atoms with van der Waals surface area (Å²) in [6.45, 7) is 4.81. The normalized spacial score (nSPS) is 18.7. The van der Waals surface area contributed by atoms with Crippen LogP contribution in [0.3, 0.4) is 0 Å².